The molecule has 0 radical (unpaired) electrons. The van der Waals surface area contributed by atoms with Crippen molar-refractivity contribution in [3.8, 4) is 0 Å². The van der Waals surface area contributed by atoms with Gasteiger partial charge in [0.2, 0.25) is 0 Å². The van der Waals surface area contributed by atoms with E-state index in [1.165, 1.54) is 44.9 Å². The predicted octanol–water partition coefficient (Wildman–Crippen LogP) is 2.32. The van der Waals surface area contributed by atoms with E-state index in [0.29, 0.717) is 5.92 Å². The van der Waals surface area contributed by atoms with Crippen LogP contribution in [0.2, 0.25) is 0 Å². The average Bonchev–Trinajstić information content (AvgIpc) is 2.03. The number of hydrogen-bond donors (Lipinski definition) is 1. The minimum atomic E-state index is 0.267. The minimum Gasteiger partial charge on any atom is -0.383 e. The van der Waals surface area contributed by atoms with Gasteiger partial charge in [0, 0.05) is 13.2 Å². The van der Waals surface area contributed by atoms with E-state index in [-0.39, 0.29) is 6.04 Å². The molecule has 1 atom stereocenters. The van der Waals surface area contributed by atoms with Crippen molar-refractivity contribution in [1.82, 2.24) is 0 Å². The molecule has 78 valence electrons. The van der Waals surface area contributed by atoms with Crippen molar-refractivity contribution in [3.05, 3.63) is 0 Å². The molecule has 2 nitrogen and oxygen atoms in total. The molecule has 1 rings (SSSR count). The number of ether oxygens (including phenoxy) is 1. The van der Waals surface area contributed by atoms with Gasteiger partial charge in [0.15, 0.2) is 0 Å². The van der Waals surface area contributed by atoms with Gasteiger partial charge in [-0.25, -0.2) is 0 Å². The Morgan fingerprint density at radius 3 is 2.23 bits per heavy atom. The normalized spacial score (nSPS) is 23.5. The molecule has 1 unspecified atom stereocenters. The van der Waals surface area contributed by atoms with Gasteiger partial charge in [-0.15, -0.1) is 0 Å². The zero-order valence-corrected chi connectivity index (χ0v) is 8.80. The molecule has 1 saturated carbocycles. The minimum absolute atomic E-state index is 0.267. The molecule has 0 aromatic carbocycles. The lowest BCUT2D eigenvalue weighted by Crippen LogP contribution is -2.34. The first kappa shape index (κ1) is 11.0. The van der Waals surface area contributed by atoms with Gasteiger partial charge in [0.25, 0.3) is 0 Å². The fraction of sp³-hybridized carbons (Fsp3) is 1.00. The Morgan fingerprint density at radius 1 is 1.15 bits per heavy atom. The lowest BCUT2D eigenvalue weighted by atomic mass is 9.86. The van der Waals surface area contributed by atoms with Gasteiger partial charge in [0.1, 0.15) is 0 Å². The highest BCUT2D eigenvalue weighted by Gasteiger charge is 2.18. The van der Waals surface area contributed by atoms with E-state index in [0.717, 1.165) is 6.61 Å². The van der Waals surface area contributed by atoms with Crippen molar-refractivity contribution in [1.29, 1.82) is 0 Å². The van der Waals surface area contributed by atoms with Crippen molar-refractivity contribution in [2.24, 2.45) is 11.7 Å². The molecule has 0 aliphatic heterocycles. The van der Waals surface area contributed by atoms with Gasteiger partial charge < -0.3 is 10.5 Å². The summed E-state index contributed by atoms with van der Waals surface area (Å²) in [6.45, 7) is 0.727. The van der Waals surface area contributed by atoms with Crippen molar-refractivity contribution in [2.75, 3.05) is 13.7 Å². The quantitative estimate of drug-likeness (QED) is 0.732. The van der Waals surface area contributed by atoms with Crippen LogP contribution in [-0.2, 0) is 4.74 Å². The summed E-state index contributed by atoms with van der Waals surface area (Å²) in [5.74, 6) is 0.709. The second kappa shape index (κ2) is 6.39. The maximum Gasteiger partial charge on any atom is 0.0616 e. The molecule has 1 aliphatic rings. The maximum absolute atomic E-state index is 6.05. The van der Waals surface area contributed by atoms with Crippen LogP contribution in [0.25, 0.3) is 0 Å². The zero-order valence-electron chi connectivity index (χ0n) is 8.80. The first-order valence-corrected chi connectivity index (χ1v) is 5.59. The van der Waals surface area contributed by atoms with E-state index in [9.17, 15) is 0 Å². The third kappa shape index (κ3) is 4.10. The number of hydrogen-bond acceptors (Lipinski definition) is 2. The fourth-order valence-electron chi connectivity index (χ4n) is 2.24. The Morgan fingerprint density at radius 2 is 1.69 bits per heavy atom. The molecule has 0 bridgehead atoms. The van der Waals surface area contributed by atoms with Crippen LogP contribution in [0.4, 0.5) is 0 Å². The first-order chi connectivity index (χ1) is 6.34. The molecule has 1 aliphatic carbocycles. The Hall–Kier alpha value is -0.0800. The van der Waals surface area contributed by atoms with Crippen molar-refractivity contribution in [3.63, 3.8) is 0 Å². The molecule has 0 spiro atoms. The smallest absolute Gasteiger partial charge is 0.0616 e. The predicted molar refractivity (Wildman–Crippen MR) is 55.7 cm³/mol. The van der Waals surface area contributed by atoms with Crippen LogP contribution >= 0.6 is 0 Å². The SMILES string of the molecule is COCC(N)C1CCCCCCC1. The van der Waals surface area contributed by atoms with Crippen molar-refractivity contribution in [2.45, 2.75) is 51.0 Å². The molecule has 2 heteroatoms. The summed E-state index contributed by atoms with van der Waals surface area (Å²) in [7, 11) is 1.74. The molecule has 0 amide bonds. The van der Waals surface area contributed by atoms with Gasteiger partial charge in [-0.05, 0) is 18.8 Å². The van der Waals surface area contributed by atoms with Crippen LogP contribution < -0.4 is 5.73 Å². The standard InChI is InChI=1S/C11H23NO/c1-13-9-11(12)10-7-5-3-2-4-6-8-10/h10-11H,2-9,12H2,1H3. The molecular formula is C11H23NO. The summed E-state index contributed by atoms with van der Waals surface area (Å²) >= 11 is 0. The second-order valence-electron chi connectivity index (χ2n) is 4.22. The molecule has 0 aromatic heterocycles. The van der Waals surface area contributed by atoms with Gasteiger partial charge in [-0.1, -0.05) is 32.1 Å². The Labute approximate surface area is 81.8 Å². The highest BCUT2D eigenvalue weighted by atomic mass is 16.5. The number of methoxy groups -OCH3 is 1. The Bertz CT molecular complexity index is 119. The molecular weight excluding hydrogens is 162 g/mol. The topological polar surface area (TPSA) is 35.2 Å². The third-order valence-electron chi connectivity index (χ3n) is 3.11. The number of nitrogens with two attached hydrogens (primary N) is 1. The monoisotopic (exact) mass is 185 g/mol. The molecule has 0 saturated heterocycles. The fourth-order valence-corrected chi connectivity index (χ4v) is 2.24. The van der Waals surface area contributed by atoms with Crippen molar-refractivity contribution < 1.29 is 4.74 Å². The molecule has 13 heavy (non-hydrogen) atoms. The highest BCUT2D eigenvalue weighted by molar-refractivity contribution is 4.74. The van der Waals surface area contributed by atoms with E-state index in [1.54, 1.807) is 7.11 Å². The molecule has 2 N–H and O–H groups in total. The maximum atomic E-state index is 6.05. The van der Waals surface area contributed by atoms with Crippen LogP contribution in [-0.4, -0.2) is 19.8 Å². The zero-order chi connectivity index (χ0) is 9.52. The Balaban J connectivity index is 2.27. The van der Waals surface area contributed by atoms with Gasteiger partial charge in [0.05, 0.1) is 6.61 Å². The summed E-state index contributed by atoms with van der Waals surface area (Å²) < 4.78 is 5.10. The van der Waals surface area contributed by atoms with Gasteiger partial charge in [-0.3, -0.25) is 0 Å². The largest absolute Gasteiger partial charge is 0.383 e. The van der Waals surface area contributed by atoms with E-state index >= 15 is 0 Å². The van der Waals surface area contributed by atoms with Crippen molar-refractivity contribution >= 4 is 0 Å². The van der Waals surface area contributed by atoms with Crippen LogP contribution in [0.1, 0.15) is 44.9 Å². The summed E-state index contributed by atoms with van der Waals surface area (Å²) in [5.41, 5.74) is 6.05. The first-order valence-electron chi connectivity index (χ1n) is 5.59. The summed E-state index contributed by atoms with van der Waals surface area (Å²) in [6.07, 6.45) is 9.57. The molecule has 0 heterocycles. The van der Waals surface area contributed by atoms with E-state index in [2.05, 4.69) is 0 Å². The summed E-state index contributed by atoms with van der Waals surface area (Å²) in [5, 5.41) is 0. The van der Waals surface area contributed by atoms with Crippen LogP contribution in [0.5, 0.6) is 0 Å². The molecule has 1 fully saturated rings. The lowest BCUT2D eigenvalue weighted by molar-refractivity contribution is 0.147. The summed E-state index contributed by atoms with van der Waals surface area (Å²) in [4.78, 5) is 0. The van der Waals surface area contributed by atoms with E-state index < -0.39 is 0 Å². The lowest BCUT2D eigenvalue weighted by Gasteiger charge is -2.25. The average molecular weight is 185 g/mol. The third-order valence-corrected chi connectivity index (χ3v) is 3.11. The highest BCUT2D eigenvalue weighted by Crippen LogP contribution is 2.24. The van der Waals surface area contributed by atoms with Gasteiger partial charge >= 0.3 is 0 Å². The summed E-state index contributed by atoms with van der Waals surface area (Å²) in [6, 6.07) is 0.267. The second-order valence-corrected chi connectivity index (χ2v) is 4.22. The molecule has 0 aromatic rings. The van der Waals surface area contributed by atoms with Crippen LogP contribution in [0.3, 0.4) is 0 Å². The van der Waals surface area contributed by atoms with E-state index in [1.807, 2.05) is 0 Å². The number of rotatable bonds is 3. The van der Waals surface area contributed by atoms with Crippen LogP contribution in [0, 0.1) is 5.92 Å². The van der Waals surface area contributed by atoms with E-state index in [4.69, 9.17) is 10.5 Å². The van der Waals surface area contributed by atoms with Gasteiger partial charge in [-0.2, -0.15) is 0 Å². The Kier molecular flexibility index (Phi) is 5.40. The van der Waals surface area contributed by atoms with Crippen LogP contribution in [0.15, 0.2) is 0 Å².